The Morgan fingerprint density at radius 2 is 0.750 bits per heavy atom. The van der Waals surface area contributed by atoms with Crippen molar-refractivity contribution >= 4 is 63.0 Å². The van der Waals surface area contributed by atoms with Gasteiger partial charge in [0.05, 0.1) is 0 Å². The molecule has 5 heteroatoms. The van der Waals surface area contributed by atoms with E-state index in [9.17, 15) is 0 Å². The van der Waals surface area contributed by atoms with Crippen LogP contribution in [-0.4, -0.2) is 15.0 Å². The number of hydrogen-bond donors (Lipinski definition) is 0. The molecule has 0 saturated heterocycles. The van der Waals surface area contributed by atoms with Gasteiger partial charge >= 0.3 is 0 Å². The van der Waals surface area contributed by atoms with Crippen LogP contribution in [0.2, 0.25) is 0 Å². The summed E-state index contributed by atoms with van der Waals surface area (Å²) in [5.41, 5.74) is 5.34. The molecule has 0 bridgehead atoms. The van der Waals surface area contributed by atoms with Crippen molar-refractivity contribution in [1.82, 2.24) is 15.0 Å². The Morgan fingerprint density at radius 1 is 0.318 bits per heavy atom. The highest BCUT2D eigenvalue weighted by Gasteiger charge is 2.19. The minimum absolute atomic E-state index is 0.665. The van der Waals surface area contributed by atoms with E-state index >= 15 is 0 Å². The highest BCUT2D eigenvalue weighted by molar-refractivity contribution is 7.26. The number of nitrogens with zero attached hydrogens (tertiary/aromatic N) is 3. The lowest BCUT2D eigenvalue weighted by Gasteiger charge is -2.11. The Morgan fingerprint density at radius 3 is 1.32 bits per heavy atom. The molecule has 9 aromatic rings. The molecular formula is C39H23N3S2. The van der Waals surface area contributed by atoms with E-state index in [1.807, 2.05) is 6.07 Å². The molecule has 44 heavy (non-hydrogen) atoms. The maximum atomic E-state index is 5.22. The van der Waals surface area contributed by atoms with Crippen LogP contribution in [0.25, 0.3) is 85.6 Å². The Balaban J connectivity index is 1.30. The number of fused-ring (bicyclic) bond motifs is 6. The van der Waals surface area contributed by atoms with E-state index in [4.69, 9.17) is 15.0 Å². The van der Waals surface area contributed by atoms with Crippen molar-refractivity contribution in [2.75, 3.05) is 0 Å². The maximum absolute atomic E-state index is 5.22. The van der Waals surface area contributed by atoms with Gasteiger partial charge in [0.1, 0.15) is 0 Å². The van der Waals surface area contributed by atoms with Crippen molar-refractivity contribution in [3.63, 3.8) is 0 Å². The first kappa shape index (κ1) is 25.3. The van der Waals surface area contributed by atoms with Crippen molar-refractivity contribution in [2.45, 2.75) is 0 Å². The van der Waals surface area contributed by atoms with Crippen LogP contribution in [0.3, 0.4) is 0 Å². The summed E-state index contributed by atoms with van der Waals surface area (Å²) in [6.07, 6.45) is 0. The zero-order valence-electron chi connectivity index (χ0n) is 23.4. The molecule has 0 aliphatic heterocycles. The Bertz CT molecular complexity index is 2360. The van der Waals surface area contributed by atoms with Gasteiger partial charge in [-0.05, 0) is 35.4 Å². The van der Waals surface area contributed by atoms with Gasteiger partial charge in [-0.1, -0.05) is 115 Å². The van der Waals surface area contributed by atoms with Gasteiger partial charge in [-0.3, -0.25) is 0 Å². The summed E-state index contributed by atoms with van der Waals surface area (Å²) in [5.74, 6) is 2.03. The number of benzene rings is 6. The Hall–Kier alpha value is -5.23. The lowest BCUT2D eigenvalue weighted by Crippen LogP contribution is -2.00. The molecule has 0 fully saturated rings. The van der Waals surface area contributed by atoms with Gasteiger partial charge in [-0.2, -0.15) is 0 Å². The molecule has 6 aromatic carbocycles. The minimum atomic E-state index is 0.665. The van der Waals surface area contributed by atoms with Crippen molar-refractivity contribution in [3.8, 4) is 45.3 Å². The summed E-state index contributed by atoms with van der Waals surface area (Å²) in [5, 5.41) is 4.83. The van der Waals surface area contributed by atoms with Crippen molar-refractivity contribution in [3.05, 3.63) is 140 Å². The highest BCUT2D eigenvalue weighted by atomic mass is 32.1. The molecule has 3 aromatic heterocycles. The van der Waals surface area contributed by atoms with Crippen LogP contribution < -0.4 is 0 Å². The maximum Gasteiger partial charge on any atom is 0.164 e. The summed E-state index contributed by atoms with van der Waals surface area (Å²) in [7, 11) is 0. The molecule has 0 spiro atoms. The number of hydrogen-bond acceptors (Lipinski definition) is 5. The first-order valence-electron chi connectivity index (χ1n) is 14.5. The molecule has 3 nitrogen and oxygen atoms in total. The molecule has 0 atom stereocenters. The standard InChI is InChI=1S/C39H23N3S2/c1-2-10-24(11-3-1)25-20-22-26(23-21-25)37-40-38(29-14-8-18-33-35(29)27-12-4-6-16-31(27)43-33)42-39(41-37)30-15-9-19-34-36(30)28-13-5-7-17-32(28)44-34/h1-23H. The molecule has 3 heterocycles. The van der Waals surface area contributed by atoms with E-state index in [0.29, 0.717) is 17.5 Å². The van der Waals surface area contributed by atoms with E-state index in [1.54, 1.807) is 22.7 Å². The van der Waals surface area contributed by atoms with Gasteiger partial charge in [0.15, 0.2) is 17.5 Å². The van der Waals surface area contributed by atoms with Crippen LogP contribution >= 0.6 is 22.7 Å². The highest BCUT2D eigenvalue weighted by Crippen LogP contribution is 2.42. The van der Waals surface area contributed by atoms with Crippen LogP contribution in [0.5, 0.6) is 0 Å². The van der Waals surface area contributed by atoms with E-state index in [0.717, 1.165) is 22.3 Å². The fraction of sp³-hybridized carbons (Fsp3) is 0. The molecule has 0 amide bonds. The summed E-state index contributed by atoms with van der Waals surface area (Å²) in [4.78, 5) is 15.5. The van der Waals surface area contributed by atoms with Crippen molar-refractivity contribution in [1.29, 1.82) is 0 Å². The average Bonchev–Trinajstić information content (AvgIpc) is 3.67. The third-order valence-corrected chi connectivity index (χ3v) is 10.4. The Kier molecular flexibility index (Phi) is 5.86. The van der Waals surface area contributed by atoms with E-state index in [2.05, 4.69) is 133 Å². The third-order valence-electron chi connectivity index (χ3n) is 8.17. The minimum Gasteiger partial charge on any atom is -0.208 e. The van der Waals surface area contributed by atoms with E-state index in [1.165, 1.54) is 45.9 Å². The summed E-state index contributed by atoms with van der Waals surface area (Å²) < 4.78 is 4.97. The van der Waals surface area contributed by atoms with Gasteiger partial charge in [0.25, 0.3) is 0 Å². The number of thiophene rings is 2. The second-order valence-electron chi connectivity index (χ2n) is 10.8. The molecule has 0 N–H and O–H groups in total. The molecule has 0 aliphatic carbocycles. The SMILES string of the molecule is c1ccc(-c2ccc(-c3nc(-c4cccc5sc6ccccc6c45)nc(-c4cccc5sc6ccccc6c45)n3)cc2)cc1. The molecular weight excluding hydrogens is 575 g/mol. The number of rotatable bonds is 4. The van der Waals surface area contributed by atoms with Crippen LogP contribution in [0.15, 0.2) is 140 Å². The number of aromatic nitrogens is 3. The topological polar surface area (TPSA) is 38.7 Å². The summed E-state index contributed by atoms with van der Waals surface area (Å²) in [6, 6.07) is 49.0. The van der Waals surface area contributed by atoms with Crippen LogP contribution in [-0.2, 0) is 0 Å². The van der Waals surface area contributed by atoms with Crippen LogP contribution in [0.1, 0.15) is 0 Å². The van der Waals surface area contributed by atoms with Gasteiger partial charge < -0.3 is 0 Å². The predicted molar refractivity (Wildman–Crippen MR) is 187 cm³/mol. The molecule has 0 saturated carbocycles. The van der Waals surface area contributed by atoms with Crippen molar-refractivity contribution < 1.29 is 0 Å². The normalized spacial score (nSPS) is 11.6. The van der Waals surface area contributed by atoms with Gasteiger partial charge in [-0.25, -0.2) is 15.0 Å². The zero-order valence-corrected chi connectivity index (χ0v) is 25.1. The molecule has 206 valence electrons. The second-order valence-corrected chi connectivity index (χ2v) is 13.0. The lowest BCUT2D eigenvalue weighted by atomic mass is 10.0. The predicted octanol–water partition coefficient (Wildman–Crippen LogP) is 11.3. The van der Waals surface area contributed by atoms with Crippen LogP contribution in [0.4, 0.5) is 0 Å². The van der Waals surface area contributed by atoms with Gasteiger partial charge in [0, 0.05) is 57.0 Å². The fourth-order valence-electron chi connectivity index (χ4n) is 6.11. The van der Waals surface area contributed by atoms with Crippen molar-refractivity contribution in [2.24, 2.45) is 0 Å². The smallest absolute Gasteiger partial charge is 0.164 e. The fourth-order valence-corrected chi connectivity index (χ4v) is 8.37. The Labute approximate surface area is 261 Å². The quantitative estimate of drug-likeness (QED) is 0.203. The largest absolute Gasteiger partial charge is 0.208 e. The lowest BCUT2D eigenvalue weighted by molar-refractivity contribution is 1.08. The summed E-state index contributed by atoms with van der Waals surface area (Å²) >= 11 is 3.61. The monoisotopic (exact) mass is 597 g/mol. The molecule has 0 radical (unpaired) electrons. The van der Waals surface area contributed by atoms with E-state index in [-0.39, 0.29) is 0 Å². The first-order chi connectivity index (χ1) is 21.8. The molecule has 0 unspecified atom stereocenters. The zero-order chi connectivity index (χ0) is 29.0. The second kappa shape index (κ2) is 10.2. The first-order valence-corrected chi connectivity index (χ1v) is 16.2. The van der Waals surface area contributed by atoms with Gasteiger partial charge in [0.2, 0.25) is 0 Å². The average molecular weight is 598 g/mol. The summed E-state index contributed by atoms with van der Waals surface area (Å²) in [6.45, 7) is 0. The van der Waals surface area contributed by atoms with Gasteiger partial charge in [-0.15, -0.1) is 22.7 Å². The molecule has 9 rings (SSSR count). The third kappa shape index (κ3) is 4.13. The van der Waals surface area contributed by atoms with E-state index < -0.39 is 0 Å². The molecule has 0 aliphatic rings. The van der Waals surface area contributed by atoms with Crippen LogP contribution in [0, 0.1) is 0 Å².